The standard InChI is InChI=1S/C16H27N3O.3C2H6/c1-4-6-7-14(5-2)10-13-19(16(20)17-3)15-8-11-18-12-9-15;3*1-2/h4-7,15,18H,2,8-13H2,1,3H3,(H,17,20);3*1-2H3/b6-4-,14-7+;;;. The number of nitrogens with zero attached hydrogens (tertiary/aromatic N) is 1. The van der Waals surface area contributed by atoms with Crippen LogP contribution < -0.4 is 10.6 Å². The molecule has 0 spiro atoms. The Bertz CT molecular complexity index is 370. The van der Waals surface area contributed by atoms with Crippen LogP contribution in [0.1, 0.15) is 67.7 Å². The molecule has 4 nitrogen and oxygen atoms in total. The van der Waals surface area contributed by atoms with Crippen LogP contribution in [0, 0.1) is 0 Å². The molecule has 26 heavy (non-hydrogen) atoms. The molecular formula is C22H45N3O. The Morgan fingerprint density at radius 1 is 1.15 bits per heavy atom. The van der Waals surface area contributed by atoms with E-state index < -0.39 is 0 Å². The van der Waals surface area contributed by atoms with Crippen molar-refractivity contribution >= 4 is 6.03 Å². The number of hydrogen-bond donors (Lipinski definition) is 2. The highest BCUT2D eigenvalue weighted by Crippen LogP contribution is 2.15. The van der Waals surface area contributed by atoms with Gasteiger partial charge in [0.05, 0.1) is 0 Å². The minimum atomic E-state index is 0.0198. The van der Waals surface area contributed by atoms with Crippen molar-refractivity contribution in [3.05, 3.63) is 36.5 Å². The van der Waals surface area contributed by atoms with Crippen molar-refractivity contribution in [3.8, 4) is 0 Å². The number of urea groups is 1. The van der Waals surface area contributed by atoms with Gasteiger partial charge in [0.2, 0.25) is 0 Å². The molecule has 1 saturated heterocycles. The second kappa shape index (κ2) is 23.4. The van der Waals surface area contributed by atoms with Gasteiger partial charge in [-0.3, -0.25) is 0 Å². The molecule has 0 bridgehead atoms. The Labute approximate surface area is 163 Å². The molecule has 1 aliphatic heterocycles. The minimum Gasteiger partial charge on any atom is -0.341 e. The van der Waals surface area contributed by atoms with E-state index in [0.29, 0.717) is 6.04 Å². The van der Waals surface area contributed by atoms with Gasteiger partial charge in [0.1, 0.15) is 0 Å². The van der Waals surface area contributed by atoms with Crippen LogP contribution in [-0.2, 0) is 0 Å². The summed E-state index contributed by atoms with van der Waals surface area (Å²) in [7, 11) is 1.69. The van der Waals surface area contributed by atoms with Gasteiger partial charge in [-0.25, -0.2) is 4.79 Å². The highest BCUT2D eigenvalue weighted by molar-refractivity contribution is 5.74. The van der Waals surface area contributed by atoms with Crippen molar-refractivity contribution in [2.45, 2.75) is 73.8 Å². The Kier molecular flexibility index (Phi) is 26.4. The van der Waals surface area contributed by atoms with Crippen LogP contribution >= 0.6 is 0 Å². The summed E-state index contributed by atoms with van der Waals surface area (Å²) in [5.74, 6) is 0. The topological polar surface area (TPSA) is 44.4 Å². The van der Waals surface area contributed by atoms with Crippen LogP contribution in [0.15, 0.2) is 36.5 Å². The largest absolute Gasteiger partial charge is 0.341 e. The monoisotopic (exact) mass is 367 g/mol. The number of rotatable bonds is 6. The van der Waals surface area contributed by atoms with Crippen molar-refractivity contribution in [1.29, 1.82) is 0 Å². The van der Waals surface area contributed by atoms with Crippen molar-refractivity contribution in [1.82, 2.24) is 15.5 Å². The lowest BCUT2D eigenvalue weighted by Crippen LogP contribution is -2.49. The van der Waals surface area contributed by atoms with Gasteiger partial charge < -0.3 is 15.5 Å². The number of carbonyl (C=O) groups excluding carboxylic acids is 1. The molecule has 0 unspecified atom stereocenters. The SMILES string of the molecule is C=C/C(=C\C=C/C)CCN(C(=O)NC)C1CCNCC1.CC.CC.CC. The smallest absolute Gasteiger partial charge is 0.317 e. The van der Waals surface area contributed by atoms with Crippen molar-refractivity contribution in [3.63, 3.8) is 0 Å². The molecule has 1 rings (SSSR count). The lowest BCUT2D eigenvalue weighted by atomic mass is 10.0. The summed E-state index contributed by atoms with van der Waals surface area (Å²) in [4.78, 5) is 14.0. The van der Waals surface area contributed by atoms with Crippen molar-refractivity contribution < 1.29 is 4.79 Å². The molecular weight excluding hydrogens is 322 g/mol. The summed E-state index contributed by atoms with van der Waals surface area (Å²) in [5, 5.41) is 6.09. The number of hydrogen-bond acceptors (Lipinski definition) is 2. The number of piperidine rings is 1. The number of allylic oxidation sites excluding steroid dienone is 4. The average Bonchev–Trinajstić information content (AvgIpc) is 2.75. The van der Waals surface area contributed by atoms with E-state index in [1.165, 1.54) is 0 Å². The van der Waals surface area contributed by atoms with E-state index >= 15 is 0 Å². The summed E-state index contributed by atoms with van der Waals surface area (Å²) < 4.78 is 0. The first-order chi connectivity index (χ1) is 12.7. The van der Waals surface area contributed by atoms with Crippen LogP contribution in [0.25, 0.3) is 0 Å². The van der Waals surface area contributed by atoms with Crippen LogP contribution in [0.4, 0.5) is 4.79 Å². The van der Waals surface area contributed by atoms with Gasteiger partial charge >= 0.3 is 6.03 Å². The van der Waals surface area contributed by atoms with Gasteiger partial charge in [0.25, 0.3) is 0 Å². The zero-order valence-corrected chi connectivity index (χ0v) is 18.7. The van der Waals surface area contributed by atoms with Crippen LogP contribution in [0.3, 0.4) is 0 Å². The van der Waals surface area contributed by atoms with Gasteiger partial charge in [-0.05, 0) is 44.8 Å². The first-order valence-corrected chi connectivity index (χ1v) is 10.4. The molecule has 0 radical (unpaired) electrons. The number of amides is 2. The molecule has 0 aromatic heterocycles. The van der Waals surface area contributed by atoms with Crippen LogP contribution in [-0.4, -0.2) is 43.7 Å². The molecule has 0 atom stereocenters. The summed E-state index contributed by atoms with van der Waals surface area (Å²) in [6.07, 6.45) is 10.8. The summed E-state index contributed by atoms with van der Waals surface area (Å²) in [5.41, 5.74) is 1.16. The van der Waals surface area contributed by atoms with E-state index in [-0.39, 0.29) is 6.03 Å². The summed E-state index contributed by atoms with van der Waals surface area (Å²) >= 11 is 0. The Morgan fingerprint density at radius 2 is 1.69 bits per heavy atom. The molecule has 2 N–H and O–H groups in total. The van der Waals surface area contributed by atoms with E-state index in [0.717, 1.165) is 44.5 Å². The molecule has 0 aliphatic carbocycles. The zero-order chi connectivity index (χ0) is 20.8. The highest BCUT2D eigenvalue weighted by Gasteiger charge is 2.24. The maximum Gasteiger partial charge on any atom is 0.317 e. The van der Waals surface area contributed by atoms with Gasteiger partial charge in [0, 0.05) is 19.6 Å². The van der Waals surface area contributed by atoms with Crippen molar-refractivity contribution in [2.24, 2.45) is 0 Å². The molecule has 1 heterocycles. The Balaban J connectivity index is -0.000000795. The fourth-order valence-electron chi connectivity index (χ4n) is 2.43. The molecule has 154 valence electrons. The van der Waals surface area contributed by atoms with E-state index in [1.807, 2.05) is 71.6 Å². The first-order valence-electron chi connectivity index (χ1n) is 10.4. The van der Waals surface area contributed by atoms with Gasteiger partial charge in [0.15, 0.2) is 0 Å². The van der Waals surface area contributed by atoms with Crippen molar-refractivity contribution in [2.75, 3.05) is 26.7 Å². The first kappa shape index (κ1) is 29.2. The van der Waals surface area contributed by atoms with E-state index in [2.05, 4.69) is 23.3 Å². The predicted octanol–water partition coefficient (Wildman–Crippen LogP) is 5.54. The molecule has 1 aliphatic rings. The Morgan fingerprint density at radius 3 is 2.12 bits per heavy atom. The average molecular weight is 368 g/mol. The quantitative estimate of drug-likeness (QED) is 0.606. The fourth-order valence-corrected chi connectivity index (χ4v) is 2.43. The lowest BCUT2D eigenvalue weighted by Gasteiger charge is -2.34. The second-order valence-corrected chi connectivity index (χ2v) is 4.95. The molecule has 1 fully saturated rings. The van der Waals surface area contributed by atoms with Gasteiger partial charge in [-0.15, -0.1) is 0 Å². The minimum absolute atomic E-state index is 0.0198. The highest BCUT2D eigenvalue weighted by atomic mass is 16.2. The molecule has 0 aromatic carbocycles. The van der Waals surface area contributed by atoms with E-state index in [9.17, 15) is 4.79 Å². The molecule has 0 aromatic rings. The third-order valence-electron chi connectivity index (χ3n) is 3.63. The number of carbonyl (C=O) groups is 1. The zero-order valence-electron chi connectivity index (χ0n) is 18.7. The number of nitrogens with one attached hydrogen (secondary N) is 2. The third kappa shape index (κ3) is 13.7. The van der Waals surface area contributed by atoms with E-state index in [4.69, 9.17) is 0 Å². The summed E-state index contributed by atoms with van der Waals surface area (Å²) in [6, 6.07) is 0.357. The summed E-state index contributed by atoms with van der Waals surface area (Å²) in [6.45, 7) is 20.5. The van der Waals surface area contributed by atoms with Crippen LogP contribution in [0.5, 0.6) is 0 Å². The fraction of sp³-hybridized carbons (Fsp3) is 0.682. The van der Waals surface area contributed by atoms with Crippen LogP contribution in [0.2, 0.25) is 0 Å². The maximum atomic E-state index is 12.1. The van der Waals surface area contributed by atoms with Gasteiger partial charge in [-0.1, -0.05) is 72.4 Å². The van der Waals surface area contributed by atoms with Gasteiger partial charge in [-0.2, -0.15) is 0 Å². The lowest BCUT2D eigenvalue weighted by molar-refractivity contribution is 0.162. The molecule has 2 amide bonds. The molecule has 4 heteroatoms. The van der Waals surface area contributed by atoms with E-state index in [1.54, 1.807) is 7.05 Å². The normalized spacial score (nSPS) is 13.9. The molecule has 0 saturated carbocycles. The maximum absolute atomic E-state index is 12.1. The third-order valence-corrected chi connectivity index (χ3v) is 3.63. The second-order valence-electron chi connectivity index (χ2n) is 4.95. The Hall–Kier alpha value is -1.55. The predicted molar refractivity (Wildman–Crippen MR) is 119 cm³/mol.